The summed E-state index contributed by atoms with van der Waals surface area (Å²) in [5.41, 5.74) is 0. The van der Waals surface area contributed by atoms with Crippen LogP contribution in [0.2, 0.25) is 0 Å². The van der Waals surface area contributed by atoms with Crippen LogP contribution in [0.4, 0.5) is 0 Å². The molecular formula is C12H19N3O5S. The maximum Gasteiger partial charge on any atom is 0.249 e. The number of sulfonamides is 1. The van der Waals surface area contributed by atoms with Crippen molar-refractivity contribution >= 4 is 27.7 Å². The first kappa shape index (κ1) is 15.9. The first-order chi connectivity index (χ1) is 9.70. The Balaban J connectivity index is 2.01. The highest BCUT2D eigenvalue weighted by atomic mass is 32.2. The molecule has 0 aliphatic carbocycles. The molecule has 9 heteroatoms. The number of nitrogens with zero attached hydrogens (tertiary/aromatic N) is 2. The molecule has 0 radical (unpaired) electrons. The van der Waals surface area contributed by atoms with Gasteiger partial charge in [-0.25, -0.2) is 12.7 Å². The molecule has 0 saturated carbocycles. The minimum Gasteiger partial charge on any atom is -0.321 e. The average molecular weight is 317 g/mol. The molecule has 2 saturated heterocycles. The number of rotatable bonds is 2. The van der Waals surface area contributed by atoms with E-state index in [-0.39, 0.29) is 31.5 Å². The smallest absolute Gasteiger partial charge is 0.249 e. The molecule has 21 heavy (non-hydrogen) atoms. The predicted octanol–water partition coefficient (Wildman–Crippen LogP) is -1.47. The van der Waals surface area contributed by atoms with E-state index >= 15 is 0 Å². The molecule has 2 fully saturated rings. The largest absolute Gasteiger partial charge is 0.321 e. The minimum atomic E-state index is -3.24. The second-order valence-corrected chi connectivity index (χ2v) is 7.47. The molecule has 0 bridgehead atoms. The van der Waals surface area contributed by atoms with Crippen molar-refractivity contribution in [2.45, 2.75) is 25.8 Å². The topological polar surface area (TPSA) is 104 Å². The van der Waals surface area contributed by atoms with Crippen molar-refractivity contribution in [3.05, 3.63) is 0 Å². The summed E-state index contributed by atoms with van der Waals surface area (Å²) in [6.07, 6.45) is 1.96. The number of hydrogen-bond acceptors (Lipinski definition) is 5. The summed E-state index contributed by atoms with van der Waals surface area (Å²) in [6, 6.07) is -0.678. The quantitative estimate of drug-likeness (QED) is 0.626. The van der Waals surface area contributed by atoms with E-state index in [9.17, 15) is 22.8 Å². The van der Waals surface area contributed by atoms with Crippen LogP contribution in [0.3, 0.4) is 0 Å². The Morgan fingerprint density at radius 2 is 1.81 bits per heavy atom. The van der Waals surface area contributed by atoms with Crippen LogP contribution in [0.15, 0.2) is 0 Å². The monoisotopic (exact) mass is 317 g/mol. The molecule has 1 N–H and O–H groups in total. The molecule has 0 aromatic heterocycles. The van der Waals surface area contributed by atoms with E-state index in [1.165, 1.54) is 9.21 Å². The second-order valence-electron chi connectivity index (χ2n) is 5.49. The fourth-order valence-electron chi connectivity index (χ4n) is 2.65. The van der Waals surface area contributed by atoms with Crippen LogP contribution >= 0.6 is 0 Å². The fraction of sp³-hybridized carbons (Fsp3) is 0.750. The first-order valence-corrected chi connectivity index (χ1v) is 8.64. The SMILES string of the molecule is CC1C(=O)NC(=O)CN1C(=O)C1CCN(S(C)(=O)=O)CC1. The van der Waals surface area contributed by atoms with Gasteiger partial charge in [0.05, 0.1) is 6.26 Å². The lowest BCUT2D eigenvalue weighted by Gasteiger charge is -2.36. The molecule has 0 aromatic rings. The summed E-state index contributed by atoms with van der Waals surface area (Å²) in [6.45, 7) is 2.03. The van der Waals surface area contributed by atoms with E-state index in [1.807, 2.05) is 0 Å². The summed E-state index contributed by atoms with van der Waals surface area (Å²) >= 11 is 0. The van der Waals surface area contributed by atoms with Gasteiger partial charge in [-0.3, -0.25) is 19.7 Å². The predicted molar refractivity (Wildman–Crippen MR) is 73.5 cm³/mol. The summed E-state index contributed by atoms with van der Waals surface area (Å²) in [5.74, 6) is -1.56. The van der Waals surface area contributed by atoms with Crippen molar-refractivity contribution in [3.63, 3.8) is 0 Å². The number of carbonyl (C=O) groups is 3. The van der Waals surface area contributed by atoms with Crippen LogP contribution in [0.25, 0.3) is 0 Å². The van der Waals surface area contributed by atoms with Gasteiger partial charge in [-0.1, -0.05) is 0 Å². The van der Waals surface area contributed by atoms with Gasteiger partial charge in [0, 0.05) is 19.0 Å². The molecule has 8 nitrogen and oxygen atoms in total. The van der Waals surface area contributed by atoms with Crippen LogP contribution in [-0.2, 0) is 24.4 Å². The number of hydrogen-bond donors (Lipinski definition) is 1. The van der Waals surface area contributed by atoms with Crippen molar-refractivity contribution in [3.8, 4) is 0 Å². The summed E-state index contributed by atoms with van der Waals surface area (Å²) in [5, 5.41) is 2.18. The Morgan fingerprint density at radius 1 is 1.24 bits per heavy atom. The molecule has 2 aliphatic rings. The van der Waals surface area contributed by atoms with Crippen LogP contribution in [0, 0.1) is 5.92 Å². The van der Waals surface area contributed by atoms with Gasteiger partial charge in [0.25, 0.3) is 0 Å². The molecule has 2 heterocycles. The maximum atomic E-state index is 12.4. The van der Waals surface area contributed by atoms with Crippen LogP contribution < -0.4 is 5.32 Å². The van der Waals surface area contributed by atoms with Gasteiger partial charge in [-0.15, -0.1) is 0 Å². The lowest BCUT2D eigenvalue weighted by Crippen LogP contribution is -2.60. The molecule has 2 aliphatic heterocycles. The Bertz CT molecular complexity index is 565. The van der Waals surface area contributed by atoms with Gasteiger partial charge in [0.1, 0.15) is 12.6 Å². The van der Waals surface area contributed by atoms with Crippen LogP contribution in [0.1, 0.15) is 19.8 Å². The molecule has 1 atom stereocenters. The van der Waals surface area contributed by atoms with E-state index in [0.717, 1.165) is 6.26 Å². The third-order valence-electron chi connectivity index (χ3n) is 3.98. The van der Waals surface area contributed by atoms with E-state index in [1.54, 1.807) is 6.92 Å². The Hall–Kier alpha value is -1.48. The standard InChI is InChI=1S/C12H19N3O5S/c1-8-11(17)13-10(16)7-15(8)12(18)9-3-5-14(6-4-9)21(2,19)20/h8-9H,3-7H2,1-2H3,(H,13,16,17). The van der Waals surface area contributed by atoms with E-state index < -0.39 is 27.9 Å². The average Bonchev–Trinajstić information content (AvgIpc) is 2.41. The van der Waals surface area contributed by atoms with Crippen LogP contribution in [0.5, 0.6) is 0 Å². The summed E-state index contributed by atoms with van der Waals surface area (Å²) < 4.78 is 24.2. The molecule has 0 spiro atoms. The van der Waals surface area contributed by atoms with Gasteiger partial charge < -0.3 is 4.90 Å². The normalized spacial score (nSPS) is 25.8. The number of amides is 3. The van der Waals surface area contributed by atoms with E-state index in [2.05, 4.69) is 5.32 Å². The fourth-order valence-corrected chi connectivity index (χ4v) is 3.53. The molecule has 1 unspecified atom stereocenters. The molecule has 0 aromatic carbocycles. The van der Waals surface area contributed by atoms with E-state index in [0.29, 0.717) is 12.8 Å². The number of piperidine rings is 1. The Morgan fingerprint density at radius 3 is 2.33 bits per heavy atom. The van der Waals surface area contributed by atoms with Crippen molar-refractivity contribution < 1.29 is 22.8 Å². The zero-order valence-corrected chi connectivity index (χ0v) is 12.9. The molecule has 3 amide bonds. The van der Waals surface area contributed by atoms with Crippen molar-refractivity contribution in [1.82, 2.24) is 14.5 Å². The minimum absolute atomic E-state index is 0.127. The summed E-state index contributed by atoms with van der Waals surface area (Å²) in [7, 11) is -3.24. The Labute approximate surface area is 123 Å². The van der Waals surface area contributed by atoms with Gasteiger partial charge in [0.2, 0.25) is 27.7 Å². The first-order valence-electron chi connectivity index (χ1n) is 6.79. The molecule has 2 rings (SSSR count). The third kappa shape index (κ3) is 3.41. The summed E-state index contributed by atoms with van der Waals surface area (Å²) in [4.78, 5) is 36.7. The zero-order chi connectivity index (χ0) is 15.8. The molecule has 118 valence electrons. The lowest BCUT2D eigenvalue weighted by atomic mass is 9.95. The highest BCUT2D eigenvalue weighted by molar-refractivity contribution is 7.88. The van der Waals surface area contributed by atoms with Crippen LogP contribution in [-0.4, -0.2) is 67.3 Å². The highest BCUT2D eigenvalue weighted by Gasteiger charge is 2.38. The maximum absolute atomic E-state index is 12.4. The Kier molecular flexibility index (Phi) is 4.33. The highest BCUT2D eigenvalue weighted by Crippen LogP contribution is 2.22. The van der Waals surface area contributed by atoms with Gasteiger partial charge >= 0.3 is 0 Å². The van der Waals surface area contributed by atoms with Crippen molar-refractivity contribution in [1.29, 1.82) is 0 Å². The number of carbonyl (C=O) groups excluding carboxylic acids is 3. The number of nitrogens with one attached hydrogen (secondary N) is 1. The molecular weight excluding hydrogens is 298 g/mol. The van der Waals surface area contributed by atoms with Crippen molar-refractivity contribution in [2.75, 3.05) is 25.9 Å². The van der Waals surface area contributed by atoms with Gasteiger partial charge in [-0.05, 0) is 19.8 Å². The van der Waals surface area contributed by atoms with Gasteiger partial charge in [0.15, 0.2) is 0 Å². The third-order valence-corrected chi connectivity index (χ3v) is 5.28. The van der Waals surface area contributed by atoms with Gasteiger partial charge in [-0.2, -0.15) is 0 Å². The van der Waals surface area contributed by atoms with E-state index in [4.69, 9.17) is 0 Å². The second kappa shape index (κ2) is 5.72. The number of imide groups is 1. The number of piperazine rings is 1. The lowest BCUT2D eigenvalue weighted by molar-refractivity contribution is -0.152. The van der Waals surface area contributed by atoms with Crippen molar-refractivity contribution in [2.24, 2.45) is 5.92 Å². The zero-order valence-electron chi connectivity index (χ0n) is 12.0.